The van der Waals surface area contributed by atoms with Gasteiger partial charge in [0.1, 0.15) is 0 Å². The first kappa shape index (κ1) is 15.0. The number of aryl methyl sites for hydroxylation is 1. The Morgan fingerprint density at radius 1 is 0.850 bits per heavy atom. The van der Waals surface area contributed by atoms with Gasteiger partial charge in [-0.15, -0.1) is 0 Å². The highest BCUT2D eigenvalue weighted by molar-refractivity contribution is 9.10. The van der Waals surface area contributed by atoms with Gasteiger partial charge < -0.3 is 5.73 Å². The van der Waals surface area contributed by atoms with Gasteiger partial charge >= 0.3 is 0 Å². The Morgan fingerprint density at radius 3 is 2.15 bits per heavy atom. The first-order chi connectivity index (χ1) is 9.54. The number of anilines is 1. The van der Waals surface area contributed by atoms with Gasteiger partial charge in [0.2, 0.25) is 0 Å². The minimum atomic E-state index is 0.799. The average molecular weight is 394 g/mol. The number of nitrogen functional groups attached to an aromatic ring is 1. The normalized spacial score (nSPS) is 9.95. The van der Waals surface area contributed by atoms with E-state index >= 15 is 0 Å². The van der Waals surface area contributed by atoms with Gasteiger partial charge in [0.05, 0.1) is 5.52 Å². The monoisotopic (exact) mass is 392 g/mol. The zero-order chi connectivity index (χ0) is 14.5. The number of rotatable bonds is 0. The molecule has 0 aliphatic rings. The Hall–Kier alpha value is -1.39. The maximum absolute atomic E-state index is 5.41. The van der Waals surface area contributed by atoms with Gasteiger partial charge in [0.15, 0.2) is 0 Å². The van der Waals surface area contributed by atoms with Crippen molar-refractivity contribution in [2.75, 3.05) is 5.73 Å². The SMILES string of the molecule is Cc1ccc2cc(Br)ccc2n1.Nc1ccc(Br)cc1. The number of halogens is 2. The third kappa shape index (κ3) is 4.32. The molecule has 0 radical (unpaired) electrons. The summed E-state index contributed by atoms with van der Waals surface area (Å²) in [5, 5.41) is 1.18. The van der Waals surface area contributed by atoms with E-state index < -0.39 is 0 Å². The van der Waals surface area contributed by atoms with Crippen LogP contribution in [-0.2, 0) is 0 Å². The summed E-state index contributed by atoms with van der Waals surface area (Å²) in [6.45, 7) is 2.00. The van der Waals surface area contributed by atoms with Gasteiger partial charge in [-0.3, -0.25) is 4.98 Å². The van der Waals surface area contributed by atoms with E-state index in [-0.39, 0.29) is 0 Å². The van der Waals surface area contributed by atoms with Gasteiger partial charge in [0, 0.05) is 25.7 Å². The van der Waals surface area contributed by atoms with Crippen molar-refractivity contribution < 1.29 is 0 Å². The predicted octanol–water partition coefficient (Wildman–Crippen LogP) is 5.34. The number of benzene rings is 2. The van der Waals surface area contributed by atoms with E-state index in [4.69, 9.17) is 5.73 Å². The molecule has 0 atom stereocenters. The zero-order valence-electron chi connectivity index (χ0n) is 11.0. The van der Waals surface area contributed by atoms with Crippen molar-refractivity contribution in [3.8, 4) is 0 Å². The molecule has 4 heteroatoms. The second-order valence-electron chi connectivity index (χ2n) is 4.34. The number of hydrogen-bond donors (Lipinski definition) is 1. The Labute approximate surface area is 135 Å². The third-order valence-electron chi connectivity index (χ3n) is 2.66. The summed E-state index contributed by atoms with van der Waals surface area (Å²) in [4.78, 5) is 4.40. The summed E-state index contributed by atoms with van der Waals surface area (Å²) in [7, 11) is 0. The third-order valence-corrected chi connectivity index (χ3v) is 3.68. The Morgan fingerprint density at radius 2 is 1.50 bits per heavy atom. The van der Waals surface area contributed by atoms with E-state index in [1.165, 1.54) is 5.39 Å². The van der Waals surface area contributed by atoms with Crippen LogP contribution >= 0.6 is 31.9 Å². The fraction of sp³-hybridized carbons (Fsp3) is 0.0625. The van der Waals surface area contributed by atoms with Crippen LogP contribution in [0.1, 0.15) is 5.69 Å². The summed E-state index contributed by atoms with van der Waals surface area (Å²) >= 11 is 6.71. The maximum atomic E-state index is 5.41. The number of nitrogens with two attached hydrogens (primary N) is 1. The van der Waals surface area contributed by atoms with Gasteiger partial charge in [-0.05, 0) is 55.5 Å². The van der Waals surface area contributed by atoms with Crippen LogP contribution in [0.15, 0.2) is 63.5 Å². The number of aromatic nitrogens is 1. The van der Waals surface area contributed by atoms with Crippen LogP contribution in [-0.4, -0.2) is 4.98 Å². The molecule has 0 fully saturated rings. The van der Waals surface area contributed by atoms with E-state index in [0.29, 0.717) is 0 Å². The number of nitrogens with zero attached hydrogens (tertiary/aromatic N) is 1. The van der Waals surface area contributed by atoms with Crippen LogP contribution in [0.2, 0.25) is 0 Å². The highest BCUT2D eigenvalue weighted by Gasteiger charge is 1.94. The minimum Gasteiger partial charge on any atom is -0.399 e. The van der Waals surface area contributed by atoms with Crippen LogP contribution in [0, 0.1) is 6.92 Å². The van der Waals surface area contributed by atoms with Gasteiger partial charge in [0.25, 0.3) is 0 Å². The minimum absolute atomic E-state index is 0.799. The van der Waals surface area contributed by atoms with Crippen molar-refractivity contribution in [2.45, 2.75) is 6.92 Å². The molecule has 3 aromatic rings. The van der Waals surface area contributed by atoms with Gasteiger partial charge in [-0.2, -0.15) is 0 Å². The average Bonchev–Trinajstić information content (AvgIpc) is 2.43. The molecule has 2 N–H and O–H groups in total. The molecule has 102 valence electrons. The molecule has 1 aromatic heterocycles. The van der Waals surface area contributed by atoms with Gasteiger partial charge in [-0.25, -0.2) is 0 Å². The number of pyridine rings is 1. The largest absolute Gasteiger partial charge is 0.399 e. The molecule has 0 bridgehead atoms. The van der Waals surface area contributed by atoms with E-state index in [9.17, 15) is 0 Å². The van der Waals surface area contributed by atoms with Gasteiger partial charge in [-0.1, -0.05) is 37.9 Å². The van der Waals surface area contributed by atoms with Crippen molar-refractivity contribution in [3.05, 3.63) is 69.2 Å². The lowest BCUT2D eigenvalue weighted by Crippen LogP contribution is -1.81. The summed E-state index contributed by atoms with van der Waals surface area (Å²) in [6.07, 6.45) is 0. The van der Waals surface area contributed by atoms with Crippen LogP contribution in [0.3, 0.4) is 0 Å². The van der Waals surface area contributed by atoms with Crippen LogP contribution in [0.5, 0.6) is 0 Å². The lowest BCUT2D eigenvalue weighted by molar-refractivity contribution is 1.25. The van der Waals surface area contributed by atoms with E-state index in [1.807, 2.05) is 49.4 Å². The highest BCUT2D eigenvalue weighted by Crippen LogP contribution is 2.18. The summed E-state index contributed by atoms with van der Waals surface area (Å²) in [5.41, 5.74) is 8.32. The lowest BCUT2D eigenvalue weighted by atomic mass is 10.2. The van der Waals surface area contributed by atoms with Crippen molar-refractivity contribution in [1.29, 1.82) is 0 Å². The summed E-state index contributed by atoms with van der Waals surface area (Å²) in [5.74, 6) is 0. The number of hydrogen-bond acceptors (Lipinski definition) is 2. The van der Waals surface area contributed by atoms with Crippen LogP contribution in [0.4, 0.5) is 5.69 Å². The van der Waals surface area contributed by atoms with E-state index in [0.717, 1.165) is 25.8 Å². The molecule has 2 nitrogen and oxygen atoms in total. The van der Waals surface area contributed by atoms with Crippen molar-refractivity contribution in [2.24, 2.45) is 0 Å². The molecule has 0 aliphatic heterocycles. The van der Waals surface area contributed by atoms with Crippen LogP contribution < -0.4 is 5.73 Å². The fourth-order valence-electron chi connectivity index (χ4n) is 1.66. The smallest absolute Gasteiger partial charge is 0.0705 e. The van der Waals surface area contributed by atoms with E-state index in [1.54, 1.807) is 0 Å². The van der Waals surface area contributed by atoms with Crippen molar-refractivity contribution in [3.63, 3.8) is 0 Å². The summed E-state index contributed by atoms with van der Waals surface area (Å²) < 4.78 is 2.16. The fourth-order valence-corrected chi connectivity index (χ4v) is 2.30. The molecule has 3 rings (SSSR count). The van der Waals surface area contributed by atoms with E-state index in [2.05, 4.69) is 49.0 Å². The maximum Gasteiger partial charge on any atom is 0.0705 e. The molecule has 0 saturated heterocycles. The molecule has 0 unspecified atom stereocenters. The molecular formula is C16H14Br2N2. The molecule has 0 aliphatic carbocycles. The molecule has 20 heavy (non-hydrogen) atoms. The second kappa shape index (κ2) is 6.86. The zero-order valence-corrected chi connectivity index (χ0v) is 14.1. The number of fused-ring (bicyclic) bond motifs is 1. The quantitative estimate of drug-likeness (QED) is 0.523. The first-order valence-electron chi connectivity index (χ1n) is 6.08. The first-order valence-corrected chi connectivity index (χ1v) is 7.67. The Kier molecular flexibility index (Phi) is 5.15. The highest BCUT2D eigenvalue weighted by atomic mass is 79.9. The Balaban J connectivity index is 0.000000160. The van der Waals surface area contributed by atoms with Crippen LogP contribution in [0.25, 0.3) is 10.9 Å². The topological polar surface area (TPSA) is 38.9 Å². The van der Waals surface area contributed by atoms with Crippen molar-refractivity contribution in [1.82, 2.24) is 4.98 Å². The molecular weight excluding hydrogens is 380 g/mol. The molecule has 1 heterocycles. The Bertz CT molecular complexity index is 647. The van der Waals surface area contributed by atoms with Crippen molar-refractivity contribution >= 4 is 48.5 Å². The second-order valence-corrected chi connectivity index (χ2v) is 6.17. The summed E-state index contributed by atoms with van der Waals surface area (Å²) in [6, 6.07) is 17.7. The molecule has 2 aromatic carbocycles. The standard InChI is InChI=1S/C10H8BrN.C6H6BrN/c1-7-2-3-8-6-9(11)4-5-10(8)12-7;7-5-1-3-6(8)4-2-5/h2-6H,1H3;1-4H,8H2. The lowest BCUT2D eigenvalue weighted by Gasteiger charge is -1.98. The molecule has 0 saturated carbocycles. The molecule has 0 amide bonds. The predicted molar refractivity (Wildman–Crippen MR) is 92.7 cm³/mol. The molecule has 0 spiro atoms.